The van der Waals surface area contributed by atoms with Gasteiger partial charge >= 0.3 is 0 Å². The number of aliphatic imine (C=N–C) groups is 1. The molecule has 0 fully saturated rings. The summed E-state index contributed by atoms with van der Waals surface area (Å²) in [5.74, 6) is 0. The van der Waals surface area contributed by atoms with Crippen LogP contribution in [0.4, 0.5) is 17.1 Å². The Morgan fingerprint density at radius 1 is 0.857 bits per heavy atom. The van der Waals surface area contributed by atoms with E-state index in [0.717, 1.165) is 34.1 Å². The fourth-order valence-electron chi connectivity index (χ4n) is 2.84. The summed E-state index contributed by atoms with van der Waals surface area (Å²) in [5.41, 5.74) is 6.08. The summed E-state index contributed by atoms with van der Waals surface area (Å²) in [4.78, 5) is 9.16. The van der Waals surface area contributed by atoms with Gasteiger partial charge in [-0.2, -0.15) is 0 Å². The highest BCUT2D eigenvalue weighted by Crippen LogP contribution is 2.29. The van der Waals surface area contributed by atoms with E-state index in [9.17, 15) is 0 Å². The van der Waals surface area contributed by atoms with Gasteiger partial charge < -0.3 is 4.90 Å². The molecule has 4 nitrogen and oxygen atoms in total. The number of nitrogens with zero attached hydrogens (tertiary/aromatic N) is 2. The molecule has 0 amide bonds. The van der Waals surface area contributed by atoms with Gasteiger partial charge in [0.05, 0.1) is 11.4 Å². The lowest BCUT2D eigenvalue weighted by atomic mass is 10.2. The number of hydrogen-bond acceptors (Lipinski definition) is 5. The van der Waals surface area contributed by atoms with Crippen molar-refractivity contribution in [2.45, 2.75) is 23.6 Å². The Labute approximate surface area is 170 Å². The van der Waals surface area contributed by atoms with Gasteiger partial charge in [-0.25, -0.2) is 0 Å². The zero-order valence-electron chi connectivity index (χ0n) is 16.2. The predicted molar refractivity (Wildman–Crippen MR) is 120 cm³/mol. The summed E-state index contributed by atoms with van der Waals surface area (Å²) in [6, 6.07) is 24.3. The van der Waals surface area contributed by atoms with Crippen LogP contribution in [0.1, 0.15) is 19.4 Å². The van der Waals surface area contributed by atoms with Gasteiger partial charge in [0.2, 0.25) is 0 Å². The summed E-state index contributed by atoms with van der Waals surface area (Å²) in [5, 5.41) is 8.87. The summed E-state index contributed by atoms with van der Waals surface area (Å²) in [6.45, 7) is 6.36. The Bertz CT molecular complexity index is 887. The van der Waals surface area contributed by atoms with Crippen molar-refractivity contribution in [2.24, 2.45) is 4.99 Å². The molecule has 3 aromatic carbocycles. The molecule has 0 spiro atoms. The molecule has 0 bridgehead atoms. The van der Waals surface area contributed by atoms with E-state index >= 15 is 0 Å². The lowest BCUT2D eigenvalue weighted by Gasteiger charge is -2.20. The Morgan fingerprint density at radius 2 is 1.43 bits per heavy atom. The van der Waals surface area contributed by atoms with Crippen molar-refractivity contribution >= 4 is 35.0 Å². The SMILES string of the molecule is CCN(CC)c1ccc(/C=N/c2ccc(Sc3ccc(NO)cc3)cc2)cc1. The summed E-state index contributed by atoms with van der Waals surface area (Å²) >= 11 is 1.67. The molecule has 0 aromatic heterocycles. The average molecular weight is 392 g/mol. The van der Waals surface area contributed by atoms with Crippen molar-refractivity contribution in [1.82, 2.24) is 0 Å². The molecule has 0 aliphatic heterocycles. The Kier molecular flexibility index (Phi) is 7.12. The summed E-state index contributed by atoms with van der Waals surface area (Å²) in [6.07, 6.45) is 1.90. The van der Waals surface area contributed by atoms with Gasteiger partial charge in [0.25, 0.3) is 0 Å². The number of hydrogen-bond donors (Lipinski definition) is 2. The molecule has 28 heavy (non-hydrogen) atoms. The second kappa shape index (κ2) is 9.97. The molecule has 0 unspecified atom stereocenters. The summed E-state index contributed by atoms with van der Waals surface area (Å²) in [7, 11) is 0. The third kappa shape index (κ3) is 5.38. The molecule has 0 radical (unpaired) electrons. The van der Waals surface area contributed by atoms with Crippen LogP contribution in [0, 0.1) is 0 Å². The molecular formula is C23H25N3OS. The van der Waals surface area contributed by atoms with E-state index < -0.39 is 0 Å². The van der Waals surface area contributed by atoms with Gasteiger partial charge in [-0.1, -0.05) is 23.9 Å². The first-order valence-corrected chi connectivity index (χ1v) is 10.2. The fourth-order valence-corrected chi connectivity index (χ4v) is 3.66. The standard InChI is InChI=1S/C23H25N3OS/c1-3-26(4-2)21-11-5-18(6-12-21)17-24-19-7-13-22(14-8-19)28-23-15-9-20(25-27)10-16-23/h5-17,25,27H,3-4H2,1-2H3/b24-17+. The quantitative estimate of drug-likeness (QED) is 0.353. The minimum atomic E-state index is 0.680. The topological polar surface area (TPSA) is 47.9 Å². The van der Waals surface area contributed by atoms with Crippen LogP contribution >= 0.6 is 11.8 Å². The van der Waals surface area contributed by atoms with Crippen LogP contribution in [0.3, 0.4) is 0 Å². The number of anilines is 2. The largest absolute Gasteiger partial charge is 0.372 e. The highest BCUT2D eigenvalue weighted by atomic mass is 32.2. The van der Waals surface area contributed by atoms with E-state index in [1.807, 2.05) is 42.6 Å². The van der Waals surface area contributed by atoms with E-state index in [2.05, 4.69) is 65.6 Å². The first-order valence-electron chi connectivity index (χ1n) is 9.39. The molecule has 3 rings (SSSR count). The molecule has 5 heteroatoms. The Balaban J connectivity index is 1.61. The zero-order chi connectivity index (χ0) is 19.8. The van der Waals surface area contributed by atoms with E-state index in [4.69, 9.17) is 5.21 Å². The first-order chi connectivity index (χ1) is 13.7. The molecular weight excluding hydrogens is 366 g/mol. The van der Waals surface area contributed by atoms with Gasteiger partial charge in [0.1, 0.15) is 0 Å². The van der Waals surface area contributed by atoms with Crippen LogP contribution in [0.15, 0.2) is 87.6 Å². The molecule has 0 aliphatic carbocycles. The van der Waals surface area contributed by atoms with Gasteiger partial charge in [-0.15, -0.1) is 0 Å². The van der Waals surface area contributed by atoms with Crippen molar-refractivity contribution in [3.63, 3.8) is 0 Å². The number of nitrogens with one attached hydrogen (secondary N) is 1. The van der Waals surface area contributed by atoms with Gasteiger partial charge in [-0.3, -0.25) is 15.7 Å². The average Bonchev–Trinajstić information content (AvgIpc) is 2.75. The maximum atomic E-state index is 8.87. The fraction of sp³-hybridized carbons (Fsp3) is 0.174. The minimum Gasteiger partial charge on any atom is -0.372 e. The van der Waals surface area contributed by atoms with Crippen LogP contribution < -0.4 is 10.4 Å². The summed E-state index contributed by atoms with van der Waals surface area (Å²) < 4.78 is 0. The molecule has 144 valence electrons. The lowest BCUT2D eigenvalue weighted by Crippen LogP contribution is -2.21. The number of rotatable bonds is 8. The van der Waals surface area contributed by atoms with E-state index in [1.165, 1.54) is 5.69 Å². The second-order valence-corrected chi connectivity index (χ2v) is 7.40. The molecule has 0 aliphatic rings. The van der Waals surface area contributed by atoms with Gasteiger partial charge in [0, 0.05) is 34.8 Å². The maximum absolute atomic E-state index is 8.87. The minimum absolute atomic E-state index is 0.680. The Hall–Kier alpha value is -2.76. The predicted octanol–water partition coefficient (Wildman–Crippen LogP) is 6.24. The van der Waals surface area contributed by atoms with E-state index in [0.29, 0.717) is 5.69 Å². The number of benzene rings is 3. The molecule has 0 saturated carbocycles. The normalized spacial score (nSPS) is 11.0. The highest BCUT2D eigenvalue weighted by molar-refractivity contribution is 7.99. The first kappa shape index (κ1) is 20.0. The van der Waals surface area contributed by atoms with Crippen molar-refractivity contribution in [1.29, 1.82) is 0 Å². The van der Waals surface area contributed by atoms with Crippen LogP contribution in [0.5, 0.6) is 0 Å². The third-order valence-corrected chi connectivity index (χ3v) is 5.46. The monoisotopic (exact) mass is 391 g/mol. The Morgan fingerprint density at radius 3 is 1.96 bits per heavy atom. The van der Waals surface area contributed by atoms with E-state index in [1.54, 1.807) is 11.8 Å². The van der Waals surface area contributed by atoms with Crippen LogP contribution in [0.2, 0.25) is 0 Å². The molecule has 3 aromatic rings. The van der Waals surface area contributed by atoms with E-state index in [-0.39, 0.29) is 0 Å². The molecule has 0 atom stereocenters. The molecule has 2 N–H and O–H groups in total. The van der Waals surface area contributed by atoms with Gasteiger partial charge in [0.15, 0.2) is 0 Å². The van der Waals surface area contributed by atoms with Crippen molar-refractivity contribution in [3.8, 4) is 0 Å². The van der Waals surface area contributed by atoms with Crippen molar-refractivity contribution in [3.05, 3.63) is 78.4 Å². The van der Waals surface area contributed by atoms with Crippen molar-refractivity contribution < 1.29 is 5.21 Å². The lowest BCUT2D eigenvalue weighted by molar-refractivity contribution is 0.389. The van der Waals surface area contributed by atoms with Crippen LogP contribution in [0.25, 0.3) is 0 Å². The molecule has 0 saturated heterocycles. The molecule has 0 heterocycles. The van der Waals surface area contributed by atoms with Crippen molar-refractivity contribution in [2.75, 3.05) is 23.5 Å². The smallest absolute Gasteiger partial charge is 0.0630 e. The zero-order valence-corrected chi connectivity index (χ0v) is 17.0. The third-order valence-electron chi connectivity index (χ3n) is 4.44. The van der Waals surface area contributed by atoms with Gasteiger partial charge in [-0.05, 0) is 80.1 Å². The van der Waals surface area contributed by atoms with Crippen LogP contribution in [-0.2, 0) is 0 Å². The second-order valence-electron chi connectivity index (χ2n) is 6.25. The maximum Gasteiger partial charge on any atom is 0.0630 e. The van der Waals surface area contributed by atoms with Crippen LogP contribution in [-0.4, -0.2) is 24.5 Å². The highest BCUT2D eigenvalue weighted by Gasteiger charge is 2.01.